The number of hydrogen-bond acceptors (Lipinski definition) is 2. The quantitative estimate of drug-likeness (QED) is 0.776. The van der Waals surface area contributed by atoms with Gasteiger partial charge >= 0.3 is 0 Å². The number of thiophene rings is 1. The summed E-state index contributed by atoms with van der Waals surface area (Å²) in [4.78, 5) is 16.5. The monoisotopic (exact) mass is 327 g/mol. The highest BCUT2D eigenvalue weighted by Crippen LogP contribution is 2.30. The van der Waals surface area contributed by atoms with E-state index in [1.54, 1.807) is 28.4 Å². The molecule has 23 heavy (non-hydrogen) atoms. The van der Waals surface area contributed by atoms with Crippen LogP contribution < -0.4 is 0 Å². The second-order valence-electron chi connectivity index (χ2n) is 5.76. The Morgan fingerprint density at radius 2 is 2.00 bits per heavy atom. The van der Waals surface area contributed by atoms with E-state index in [1.807, 2.05) is 6.07 Å². The maximum Gasteiger partial charge on any atom is 0.265 e. The fourth-order valence-corrected chi connectivity index (χ4v) is 4.09. The zero-order chi connectivity index (χ0) is 16.2. The third-order valence-electron chi connectivity index (χ3n) is 4.06. The van der Waals surface area contributed by atoms with Crippen LogP contribution in [0.1, 0.15) is 38.5 Å². The zero-order valence-corrected chi connectivity index (χ0v) is 13.7. The van der Waals surface area contributed by atoms with Gasteiger partial charge < -0.3 is 4.90 Å². The van der Waals surface area contributed by atoms with E-state index < -0.39 is 0 Å². The first-order chi connectivity index (χ1) is 11.2. The molecular weight excluding hydrogens is 309 g/mol. The van der Waals surface area contributed by atoms with Crippen molar-refractivity contribution in [2.75, 3.05) is 6.54 Å². The second kappa shape index (κ2) is 6.97. The van der Waals surface area contributed by atoms with Crippen LogP contribution in [0.2, 0.25) is 0 Å². The first kappa shape index (κ1) is 15.8. The van der Waals surface area contributed by atoms with Gasteiger partial charge in [0.15, 0.2) is 0 Å². The normalized spacial score (nSPS) is 13.2. The molecule has 0 unspecified atom stereocenters. The van der Waals surface area contributed by atoms with E-state index in [4.69, 9.17) is 6.42 Å². The summed E-state index contributed by atoms with van der Waals surface area (Å²) in [5, 5.41) is 0. The summed E-state index contributed by atoms with van der Waals surface area (Å²) in [5.74, 6) is 2.23. The first-order valence-corrected chi connectivity index (χ1v) is 8.58. The van der Waals surface area contributed by atoms with Crippen molar-refractivity contribution in [2.45, 2.75) is 32.2 Å². The van der Waals surface area contributed by atoms with Crippen LogP contribution in [0.5, 0.6) is 0 Å². The third kappa shape index (κ3) is 3.62. The lowest BCUT2D eigenvalue weighted by molar-refractivity contribution is 0.0770. The lowest BCUT2D eigenvalue weighted by atomic mass is 9.99. The molecule has 2 aromatic rings. The Hall–Kier alpha value is -2.12. The molecule has 0 saturated heterocycles. The van der Waals surface area contributed by atoms with Gasteiger partial charge in [0.1, 0.15) is 5.82 Å². The van der Waals surface area contributed by atoms with Gasteiger partial charge in [-0.15, -0.1) is 17.8 Å². The van der Waals surface area contributed by atoms with E-state index in [1.165, 1.54) is 35.4 Å². The summed E-state index contributed by atoms with van der Waals surface area (Å²) in [6.45, 7) is 0.644. The van der Waals surface area contributed by atoms with Gasteiger partial charge in [-0.3, -0.25) is 4.79 Å². The molecule has 0 fully saturated rings. The molecule has 118 valence electrons. The Bertz CT molecular complexity index is 718. The van der Waals surface area contributed by atoms with E-state index in [0.29, 0.717) is 6.54 Å². The Balaban J connectivity index is 1.79. The smallest absolute Gasteiger partial charge is 0.265 e. The van der Waals surface area contributed by atoms with E-state index in [9.17, 15) is 9.18 Å². The molecule has 3 rings (SSSR count). The van der Waals surface area contributed by atoms with Gasteiger partial charge in [-0.1, -0.05) is 18.1 Å². The molecule has 2 nitrogen and oxygen atoms in total. The molecule has 0 N–H and O–H groups in total. The van der Waals surface area contributed by atoms with Gasteiger partial charge in [0, 0.05) is 11.4 Å². The Labute approximate surface area is 139 Å². The van der Waals surface area contributed by atoms with Crippen molar-refractivity contribution in [3.8, 4) is 12.3 Å². The number of carbonyl (C=O) groups is 1. The largest absolute Gasteiger partial charge is 0.322 e. The summed E-state index contributed by atoms with van der Waals surface area (Å²) in [5.41, 5.74) is 2.18. The Morgan fingerprint density at radius 1 is 1.26 bits per heavy atom. The fourth-order valence-electron chi connectivity index (χ4n) is 2.87. The second-order valence-corrected chi connectivity index (χ2v) is 6.89. The minimum Gasteiger partial charge on any atom is -0.322 e. The van der Waals surface area contributed by atoms with Crippen LogP contribution in [-0.4, -0.2) is 17.4 Å². The summed E-state index contributed by atoms with van der Waals surface area (Å²) in [6, 6.07) is 8.20. The van der Waals surface area contributed by atoms with Crippen LogP contribution in [-0.2, 0) is 19.4 Å². The zero-order valence-electron chi connectivity index (χ0n) is 12.8. The van der Waals surface area contributed by atoms with Crippen molar-refractivity contribution in [3.63, 3.8) is 0 Å². The highest BCUT2D eigenvalue weighted by molar-refractivity contribution is 7.14. The summed E-state index contributed by atoms with van der Waals surface area (Å²) < 4.78 is 13.0. The molecule has 1 aliphatic rings. The number of nitrogens with zero attached hydrogens (tertiary/aromatic N) is 1. The number of carbonyl (C=O) groups excluding carboxylic acids is 1. The molecule has 1 amide bonds. The number of halogens is 1. The van der Waals surface area contributed by atoms with Crippen LogP contribution in [0.4, 0.5) is 4.39 Å². The molecule has 0 saturated carbocycles. The van der Waals surface area contributed by atoms with Gasteiger partial charge in [-0.05, 0) is 55.0 Å². The van der Waals surface area contributed by atoms with E-state index >= 15 is 0 Å². The average Bonchev–Trinajstić information content (AvgIpc) is 3.00. The minimum absolute atomic E-state index is 0.0355. The number of hydrogen-bond donors (Lipinski definition) is 0. The molecule has 1 heterocycles. The minimum atomic E-state index is -0.283. The SMILES string of the molecule is C#CCN(Cc1ccc(F)cc1)C(=O)c1cc2c(s1)CCCC2. The average molecular weight is 327 g/mol. The number of terminal acetylenes is 1. The molecule has 0 aliphatic heterocycles. The van der Waals surface area contributed by atoms with Crippen molar-refractivity contribution in [2.24, 2.45) is 0 Å². The van der Waals surface area contributed by atoms with E-state index in [0.717, 1.165) is 23.3 Å². The Kier molecular flexibility index (Phi) is 4.78. The topological polar surface area (TPSA) is 20.3 Å². The first-order valence-electron chi connectivity index (χ1n) is 7.76. The highest BCUT2D eigenvalue weighted by Gasteiger charge is 2.21. The number of rotatable bonds is 4. The lowest BCUT2D eigenvalue weighted by Gasteiger charge is -2.19. The maximum atomic E-state index is 13.0. The maximum absolute atomic E-state index is 13.0. The van der Waals surface area contributed by atoms with Crippen molar-refractivity contribution in [1.29, 1.82) is 0 Å². The molecule has 4 heteroatoms. The molecule has 0 spiro atoms. The number of amides is 1. The van der Waals surface area contributed by atoms with Gasteiger partial charge in [0.05, 0.1) is 11.4 Å². The van der Waals surface area contributed by atoms with Crippen molar-refractivity contribution < 1.29 is 9.18 Å². The van der Waals surface area contributed by atoms with Crippen molar-refractivity contribution in [3.05, 3.63) is 57.0 Å². The number of benzene rings is 1. The molecular formula is C19H18FNOS. The summed E-state index contributed by atoms with van der Waals surface area (Å²) >= 11 is 1.59. The van der Waals surface area contributed by atoms with Gasteiger partial charge in [-0.2, -0.15) is 0 Å². The van der Waals surface area contributed by atoms with E-state index in [2.05, 4.69) is 5.92 Å². The Morgan fingerprint density at radius 3 is 2.70 bits per heavy atom. The molecule has 0 atom stereocenters. The molecule has 0 bridgehead atoms. The van der Waals surface area contributed by atoms with Gasteiger partial charge in [0.25, 0.3) is 5.91 Å². The molecule has 1 aromatic heterocycles. The van der Waals surface area contributed by atoms with Crippen LogP contribution in [0, 0.1) is 18.2 Å². The predicted octanol–water partition coefficient (Wildman–Crippen LogP) is 4.04. The molecule has 0 radical (unpaired) electrons. The predicted molar refractivity (Wildman–Crippen MR) is 90.9 cm³/mol. The standard InChI is InChI=1S/C19H18FNOS/c1-2-11-21(13-14-7-9-16(20)10-8-14)19(22)18-12-15-5-3-4-6-17(15)23-18/h1,7-10,12H,3-6,11,13H2. The van der Waals surface area contributed by atoms with Crippen molar-refractivity contribution in [1.82, 2.24) is 4.90 Å². The molecule has 1 aliphatic carbocycles. The highest BCUT2D eigenvalue weighted by atomic mass is 32.1. The van der Waals surface area contributed by atoms with Crippen LogP contribution in [0.3, 0.4) is 0 Å². The molecule has 1 aromatic carbocycles. The van der Waals surface area contributed by atoms with Crippen LogP contribution >= 0.6 is 11.3 Å². The lowest BCUT2D eigenvalue weighted by Crippen LogP contribution is -2.30. The van der Waals surface area contributed by atoms with Crippen LogP contribution in [0.15, 0.2) is 30.3 Å². The van der Waals surface area contributed by atoms with E-state index in [-0.39, 0.29) is 18.3 Å². The van der Waals surface area contributed by atoms with Gasteiger partial charge in [0.2, 0.25) is 0 Å². The fraction of sp³-hybridized carbons (Fsp3) is 0.316. The van der Waals surface area contributed by atoms with Gasteiger partial charge in [-0.25, -0.2) is 4.39 Å². The summed E-state index contributed by atoms with van der Waals surface area (Å²) in [6.07, 6.45) is 9.95. The van der Waals surface area contributed by atoms with Crippen LogP contribution in [0.25, 0.3) is 0 Å². The third-order valence-corrected chi connectivity index (χ3v) is 5.29. The van der Waals surface area contributed by atoms with Crippen molar-refractivity contribution >= 4 is 17.2 Å². The summed E-state index contributed by atoms with van der Waals surface area (Å²) in [7, 11) is 0. The number of aryl methyl sites for hydroxylation is 2. The number of fused-ring (bicyclic) bond motifs is 1.